The first-order valence-corrected chi connectivity index (χ1v) is 6.30. The van der Waals surface area contributed by atoms with Crippen molar-refractivity contribution in [3.05, 3.63) is 53.6 Å². The Labute approximate surface area is 104 Å². The average molecular weight is 241 g/mol. The maximum atomic E-state index is 12.1. The number of benzene rings is 2. The molecule has 3 rings (SSSR count). The number of carbonyl (C=O) groups excluding carboxylic acids is 1. The molecule has 0 atom stereocenters. The van der Waals surface area contributed by atoms with Gasteiger partial charge in [0.2, 0.25) is 0 Å². The minimum atomic E-state index is 0.176. The van der Waals surface area contributed by atoms with Crippen molar-refractivity contribution in [3.63, 3.8) is 0 Å². The molecule has 0 unspecified atom stereocenters. The first-order chi connectivity index (χ1) is 8.31. The zero-order valence-electron chi connectivity index (χ0n) is 9.14. The van der Waals surface area contributed by atoms with E-state index in [4.69, 9.17) is 5.14 Å². The van der Waals surface area contributed by atoms with Crippen LogP contribution in [0, 0.1) is 0 Å². The molecule has 0 saturated carbocycles. The van der Waals surface area contributed by atoms with E-state index in [1.807, 2.05) is 36.4 Å². The molecule has 0 bridgehead atoms. The van der Waals surface area contributed by atoms with Gasteiger partial charge in [-0.05, 0) is 29.1 Å². The minimum Gasteiger partial charge on any atom is -0.294 e. The van der Waals surface area contributed by atoms with E-state index in [-0.39, 0.29) is 5.78 Å². The molecular formula is C14H11NOS. The second-order valence-corrected chi connectivity index (χ2v) is 4.73. The van der Waals surface area contributed by atoms with Gasteiger partial charge in [-0.2, -0.15) is 0 Å². The van der Waals surface area contributed by atoms with Crippen molar-refractivity contribution >= 4 is 17.7 Å². The van der Waals surface area contributed by atoms with Gasteiger partial charge < -0.3 is 0 Å². The number of Topliss-reactive ketones (excluding diaryl/α,β-unsaturated/α-hetero) is 1. The van der Waals surface area contributed by atoms with Crippen LogP contribution in [0.15, 0.2) is 47.4 Å². The number of hydrogen-bond donors (Lipinski definition) is 1. The van der Waals surface area contributed by atoms with Crippen LogP contribution in [-0.4, -0.2) is 5.78 Å². The van der Waals surface area contributed by atoms with Gasteiger partial charge in [0.1, 0.15) is 0 Å². The predicted octanol–water partition coefficient (Wildman–Crippen LogP) is 3.06. The number of rotatable bonds is 1. The SMILES string of the molecule is NSc1cccc2c1-c1ccccc1CC2=O. The zero-order valence-corrected chi connectivity index (χ0v) is 9.96. The van der Waals surface area contributed by atoms with Crippen molar-refractivity contribution in [1.82, 2.24) is 0 Å². The van der Waals surface area contributed by atoms with E-state index in [0.717, 1.165) is 27.1 Å². The molecule has 84 valence electrons. The van der Waals surface area contributed by atoms with E-state index >= 15 is 0 Å². The molecule has 0 amide bonds. The normalized spacial score (nSPS) is 13.1. The fraction of sp³-hybridized carbons (Fsp3) is 0.0714. The number of hydrogen-bond acceptors (Lipinski definition) is 3. The Morgan fingerprint density at radius 1 is 1.00 bits per heavy atom. The number of ketones is 1. The Morgan fingerprint density at radius 3 is 2.59 bits per heavy atom. The Bertz CT molecular complexity index is 607. The molecule has 2 aromatic carbocycles. The number of nitrogens with two attached hydrogens (primary N) is 1. The summed E-state index contributed by atoms with van der Waals surface area (Å²) in [6.45, 7) is 0. The molecule has 0 fully saturated rings. The lowest BCUT2D eigenvalue weighted by Gasteiger charge is -2.20. The first-order valence-electron chi connectivity index (χ1n) is 5.42. The maximum absolute atomic E-state index is 12.1. The molecule has 2 N–H and O–H groups in total. The van der Waals surface area contributed by atoms with E-state index in [0.29, 0.717) is 6.42 Å². The summed E-state index contributed by atoms with van der Waals surface area (Å²) in [7, 11) is 0. The lowest BCUT2D eigenvalue weighted by molar-refractivity contribution is 0.0991. The van der Waals surface area contributed by atoms with Crippen molar-refractivity contribution < 1.29 is 4.79 Å². The molecule has 0 aromatic heterocycles. The molecule has 1 aliphatic carbocycles. The van der Waals surface area contributed by atoms with Crippen molar-refractivity contribution in [3.8, 4) is 11.1 Å². The third-order valence-corrected chi connectivity index (χ3v) is 3.69. The molecule has 3 heteroatoms. The van der Waals surface area contributed by atoms with Gasteiger partial charge in [-0.15, -0.1) is 0 Å². The molecule has 0 heterocycles. The summed E-state index contributed by atoms with van der Waals surface area (Å²) in [5.74, 6) is 0.176. The Hall–Kier alpha value is -1.58. The third kappa shape index (κ3) is 1.59. The van der Waals surface area contributed by atoms with Gasteiger partial charge in [0.25, 0.3) is 0 Å². The van der Waals surface area contributed by atoms with E-state index in [1.54, 1.807) is 0 Å². The fourth-order valence-corrected chi connectivity index (χ4v) is 2.82. The van der Waals surface area contributed by atoms with Crippen LogP contribution in [0.5, 0.6) is 0 Å². The maximum Gasteiger partial charge on any atom is 0.167 e. The second-order valence-electron chi connectivity index (χ2n) is 4.05. The molecule has 17 heavy (non-hydrogen) atoms. The molecule has 0 aliphatic heterocycles. The topological polar surface area (TPSA) is 43.1 Å². The van der Waals surface area contributed by atoms with Crippen LogP contribution in [-0.2, 0) is 6.42 Å². The van der Waals surface area contributed by atoms with Crippen LogP contribution >= 0.6 is 11.9 Å². The van der Waals surface area contributed by atoms with Crippen LogP contribution in [0.4, 0.5) is 0 Å². The molecular weight excluding hydrogens is 230 g/mol. The van der Waals surface area contributed by atoms with E-state index in [1.165, 1.54) is 11.9 Å². The third-order valence-electron chi connectivity index (χ3n) is 3.09. The highest BCUT2D eigenvalue weighted by Crippen LogP contribution is 2.38. The molecule has 1 aliphatic rings. The summed E-state index contributed by atoms with van der Waals surface area (Å²) < 4.78 is 0. The van der Waals surface area contributed by atoms with Crippen molar-refractivity contribution in [1.29, 1.82) is 0 Å². The van der Waals surface area contributed by atoms with Crippen LogP contribution < -0.4 is 5.14 Å². The van der Waals surface area contributed by atoms with Crippen LogP contribution in [0.3, 0.4) is 0 Å². The van der Waals surface area contributed by atoms with Crippen molar-refractivity contribution in [2.75, 3.05) is 0 Å². The summed E-state index contributed by atoms with van der Waals surface area (Å²) in [6, 6.07) is 13.8. The first kappa shape index (κ1) is 10.6. The van der Waals surface area contributed by atoms with E-state index in [2.05, 4.69) is 6.07 Å². The molecule has 2 aromatic rings. The highest BCUT2D eigenvalue weighted by atomic mass is 32.2. The van der Waals surface area contributed by atoms with Gasteiger partial charge in [0, 0.05) is 22.4 Å². The Morgan fingerprint density at radius 2 is 1.76 bits per heavy atom. The van der Waals surface area contributed by atoms with E-state index < -0.39 is 0 Å². The largest absolute Gasteiger partial charge is 0.294 e. The zero-order chi connectivity index (χ0) is 11.8. The molecule has 2 nitrogen and oxygen atoms in total. The standard InChI is InChI=1S/C14H11NOS/c15-17-13-7-3-6-11-12(16)8-9-4-1-2-5-10(9)14(11)13/h1-7H,8,15H2. The average Bonchev–Trinajstić information content (AvgIpc) is 2.38. The smallest absolute Gasteiger partial charge is 0.167 e. The van der Waals surface area contributed by atoms with Gasteiger partial charge in [-0.25, -0.2) is 0 Å². The van der Waals surface area contributed by atoms with Crippen LogP contribution in [0.1, 0.15) is 15.9 Å². The number of carbonyl (C=O) groups is 1. The summed E-state index contributed by atoms with van der Waals surface area (Å²) >= 11 is 1.20. The lowest BCUT2D eigenvalue weighted by Crippen LogP contribution is -2.13. The number of fused-ring (bicyclic) bond motifs is 3. The highest BCUT2D eigenvalue weighted by molar-refractivity contribution is 7.97. The summed E-state index contributed by atoms with van der Waals surface area (Å²) in [4.78, 5) is 13.0. The molecule has 0 radical (unpaired) electrons. The van der Waals surface area contributed by atoms with Gasteiger partial charge in [0.05, 0.1) is 0 Å². The van der Waals surface area contributed by atoms with Crippen LogP contribution in [0.2, 0.25) is 0 Å². The summed E-state index contributed by atoms with van der Waals surface area (Å²) in [5, 5.41) is 5.68. The Balaban J connectivity index is 2.36. The quantitative estimate of drug-likeness (QED) is 0.780. The van der Waals surface area contributed by atoms with Crippen molar-refractivity contribution in [2.24, 2.45) is 5.14 Å². The van der Waals surface area contributed by atoms with Gasteiger partial charge in [-0.3, -0.25) is 9.93 Å². The van der Waals surface area contributed by atoms with Crippen molar-refractivity contribution in [2.45, 2.75) is 11.3 Å². The monoisotopic (exact) mass is 241 g/mol. The van der Waals surface area contributed by atoms with E-state index in [9.17, 15) is 4.79 Å². The van der Waals surface area contributed by atoms with Gasteiger partial charge in [-0.1, -0.05) is 36.4 Å². The van der Waals surface area contributed by atoms with Gasteiger partial charge >= 0.3 is 0 Å². The Kier molecular flexibility index (Phi) is 2.50. The van der Waals surface area contributed by atoms with Gasteiger partial charge in [0.15, 0.2) is 5.78 Å². The molecule has 0 spiro atoms. The fourth-order valence-electron chi connectivity index (χ4n) is 2.33. The van der Waals surface area contributed by atoms with Crippen LogP contribution in [0.25, 0.3) is 11.1 Å². The lowest BCUT2D eigenvalue weighted by atomic mass is 9.85. The summed E-state index contributed by atoms with van der Waals surface area (Å²) in [6.07, 6.45) is 0.488. The minimum absolute atomic E-state index is 0.176. The summed E-state index contributed by atoms with van der Waals surface area (Å²) in [5.41, 5.74) is 4.01. The predicted molar refractivity (Wildman–Crippen MR) is 70.0 cm³/mol. The highest BCUT2D eigenvalue weighted by Gasteiger charge is 2.24. The molecule has 0 saturated heterocycles. The second kappa shape index (κ2) is 4.02.